The Morgan fingerprint density at radius 3 is 2.82 bits per heavy atom. The molecule has 0 bridgehead atoms. The lowest BCUT2D eigenvalue weighted by molar-refractivity contribution is 0.269. The van der Waals surface area contributed by atoms with Crippen molar-refractivity contribution in [3.05, 3.63) is 12.1 Å². The molecule has 1 rings (SSSR count). The van der Waals surface area contributed by atoms with Crippen molar-refractivity contribution >= 4 is 11.5 Å². The van der Waals surface area contributed by atoms with Gasteiger partial charge in [-0.25, -0.2) is 0 Å². The van der Waals surface area contributed by atoms with Crippen LogP contribution >= 0.6 is 0 Å². The van der Waals surface area contributed by atoms with Crippen LogP contribution in [0.2, 0.25) is 0 Å². The minimum Gasteiger partial charge on any atom is -0.476 e. The van der Waals surface area contributed by atoms with Crippen molar-refractivity contribution in [3.8, 4) is 5.88 Å². The van der Waals surface area contributed by atoms with Crippen molar-refractivity contribution in [1.82, 2.24) is 4.98 Å². The highest BCUT2D eigenvalue weighted by atomic mass is 16.5. The zero-order valence-electron chi connectivity index (χ0n) is 10.7. The van der Waals surface area contributed by atoms with Gasteiger partial charge in [0.05, 0.1) is 24.9 Å². The summed E-state index contributed by atoms with van der Waals surface area (Å²) < 4.78 is 5.46. The molecule has 0 spiro atoms. The molecule has 5 heteroatoms. The molecule has 1 heterocycles. The smallest absolute Gasteiger partial charge is 0.239 e. The lowest BCUT2D eigenvalue weighted by Gasteiger charge is -2.24. The van der Waals surface area contributed by atoms with Gasteiger partial charge in [-0.05, 0) is 25.5 Å². The molecule has 3 N–H and O–H groups in total. The first kappa shape index (κ1) is 13.6. The van der Waals surface area contributed by atoms with Crippen LogP contribution < -0.4 is 15.4 Å². The fourth-order valence-corrected chi connectivity index (χ4v) is 1.30. The van der Waals surface area contributed by atoms with Crippen LogP contribution in [-0.4, -0.2) is 36.4 Å². The Labute approximate surface area is 102 Å². The first-order valence-electron chi connectivity index (χ1n) is 5.83. The number of hydrogen-bond acceptors (Lipinski definition) is 5. The molecule has 1 aromatic heterocycles. The second-order valence-corrected chi connectivity index (χ2v) is 4.05. The van der Waals surface area contributed by atoms with Crippen molar-refractivity contribution < 1.29 is 9.84 Å². The van der Waals surface area contributed by atoms with Gasteiger partial charge in [0.25, 0.3) is 0 Å². The molecule has 1 atom stereocenters. The van der Waals surface area contributed by atoms with Crippen LogP contribution in [0.25, 0.3) is 0 Å². The molecule has 0 aliphatic carbocycles. The fraction of sp³-hybridized carbons (Fsp3) is 0.583. The van der Waals surface area contributed by atoms with E-state index in [0.29, 0.717) is 18.2 Å². The van der Waals surface area contributed by atoms with Gasteiger partial charge < -0.3 is 20.5 Å². The summed E-state index contributed by atoms with van der Waals surface area (Å²) in [4.78, 5) is 6.23. The number of pyridine rings is 1. The van der Waals surface area contributed by atoms with Crippen LogP contribution in [0.1, 0.15) is 20.3 Å². The first-order chi connectivity index (χ1) is 8.10. The van der Waals surface area contributed by atoms with Gasteiger partial charge >= 0.3 is 0 Å². The standard InChI is InChI=1S/C12H21N3O2/c1-4-7-17-12-10(13)5-6-11(14-12)15(3)9(2)8-16/h5-6,9,16H,4,7-8,13H2,1-3H3. The second kappa shape index (κ2) is 6.30. The largest absolute Gasteiger partial charge is 0.476 e. The van der Waals surface area contributed by atoms with Gasteiger partial charge in [-0.1, -0.05) is 6.92 Å². The van der Waals surface area contributed by atoms with Gasteiger partial charge in [-0.15, -0.1) is 0 Å². The van der Waals surface area contributed by atoms with E-state index in [1.54, 1.807) is 6.07 Å². The molecule has 5 nitrogen and oxygen atoms in total. The summed E-state index contributed by atoms with van der Waals surface area (Å²) in [6.45, 7) is 4.62. The van der Waals surface area contributed by atoms with E-state index in [9.17, 15) is 0 Å². The third kappa shape index (κ3) is 3.49. The number of anilines is 2. The average molecular weight is 239 g/mol. The van der Waals surface area contributed by atoms with Crippen LogP contribution in [0, 0.1) is 0 Å². The van der Waals surface area contributed by atoms with Gasteiger partial charge in [-0.2, -0.15) is 4.98 Å². The number of aliphatic hydroxyl groups excluding tert-OH is 1. The Hall–Kier alpha value is -1.49. The number of likely N-dealkylation sites (N-methyl/N-ethyl adjacent to an activating group) is 1. The lowest BCUT2D eigenvalue weighted by atomic mass is 10.3. The van der Waals surface area contributed by atoms with Crippen LogP contribution in [-0.2, 0) is 0 Å². The van der Waals surface area contributed by atoms with Crippen LogP contribution in [0.4, 0.5) is 11.5 Å². The second-order valence-electron chi connectivity index (χ2n) is 4.05. The van der Waals surface area contributed by atoms with Gasteiger partial charge in [0.2, 0.25) is 5.88 Å². The van der Waals surface area contributed by atoms with E-state index in [1.165, 1.54) is 0 Å². The van der Waals surface area contributed by atoms with Gasteiger partial charge in [0.1, 0.15) is 5.82 Å². The van der Waals surface area contributed by atoms with Crippen molar-refractivity contribution in [2.45, 2.75) is 26.3 Å². The molecule has 0 saturated carbocycles. The van der Waals surface area contributed by atoms with Crippen molar-refractivity contribution in [1.29, 1.82) is 0 Å². The molecule has 1 unspecified atom stereocenters. The predicted octanol–water partition coefficient (Wildman–Crippen LogP) is 1.27. The SMILES string of the molecule is CCCOc1nc(N(C)C(C)CO)ccc1N. The van der Waals surface area contributed by atoms with E-state index >= 15 is 0 Å². The molecule has 0 fully saturated rings. The van der Waals surface area contributed by atoms with E-state index in [4.69, 9.17) is 15.6 Å². The molecule has 0 aromatic carbocycles. The summed E-state index contributed by atoms with van der Waals surface area (Å²) in [6.07, 6.45) is 0.911. The number of rotatable bonds is 6. The van der Waals surface area contributed by atoms with Gasteiger partial charge in [0.15, 0.2) is 0 Å². The Kier molecular flexibility index (Phi) is 5.03. The maximum absolute atomic E-state index is 9.11. The summed E-state index contributed by atoms with van der Waals surface area (Å²) in [7, 11) is 1.88. The van der Waals surface area contributed by atoms with Crippen LogP contribution in [0.5, 0.6) is 5.88 Å². The Morgan fingerprint density at radius 2 is 2.24 bits per heavy atom. The van der Waals surface area contributed by atoms with Crippen molar-refractivity contribution in [2.75, 3.05) is 30.9 Å². The topological polar surface area (TPSA) is 71.6 Å². The summed E-state index contributed by atoms with van der Waals surface area (Å²) >= 11 is 0. The highest BCUT2D eigenvalue weighted by molar-refractivity contribution is 5.54. The molecular formula is C12H21N3O2. The van der Waals surface area contributed by atoms with Crippen LogP contribution in [0.3, 0.4) is 0 Å². The molecule has 0 aliphatic heterocycles. The van der Waals surface area contributed by atoms with Gasteiger partial charge in [-0.3, -0.25) is 0 Å². The van der Waals surface area contributed by atoms with Crippen molar-refractivity contribution in [3.63, 3.8) is 0 Å². The molecule has 0 radical (unpaired) electrons. The molecule has 1 aromatic rings. The highest BCUT2D eigenvalue weighted by Crippen LogP contribution is 2.23. The zero-order valence-corrected chi connectivity index (χ0v) is 10.7. The number of nitrogen functional groups attached to an aromatic ring is 1. The summed E-state index contributed by atoms with van der Waals surface area (Å²) in [6, 6.07) is 3.60. The minimum absolute atomic E-state index is 0.00477. The Balaban J connectivity index is 2.87. The molecule has 0 saturated heterocycles. The first-order valence-corrected chi connectivity index (χ1v) is 5.83. The summed E-state index contributed by atoms with van der Waals surface area (Å²) in [5.41, 5.74) is 6.32. The molecule has 96 valence electrons. The van der Waals surface area contributed by atoms with E-state index in [2.05, 4.69) is 4.98 Å². The normalized spacial score (nSPS) is 12.2. The molecule has 0 amide bonds. The quantitative estimate of drug-likeness (QED) is 0.782. The summed E-state index contributed by atoms with van der Waals surface area (Å²) in [5, 5.41) is 9.11. The maximum atomic E-state index is 9.11. The number of hydrogen-bond donors (Lipinski definition) is 2. The molecule has 0 aliphatic rings. The number of nitrogens with zero attached hydrogens (tertiary/aromatic N) is 2. The molecule has 17 heavy (non-hydrogen) atoms. The maximum Gasteiger partial charge on any atom is 0.239 e. The number of nitrogens with two attached hydrogens (primary N) is 1. The average Bonchev–Trinajstić information content (AvgIpc) is 2.36. The number of aliphatic hydroxyl groups is 1. The number of ether oxygens (including phenoxy) is 1. The van der Waals surface area contributed by atoms with E-state index in [1.807, 2.05) is 31.9 Å². The van der Waals surface area contributed by atoms with E-state index < -0.39 is 0 Å². The fourth-order valence-electron chi connectivity index (χ4n) is 1.30. The predicted molar refractivity (Wildman–Crippen MR) is 69.4 cm³/mol. The van der Waals surface area contributed by atoms with E-state index in [-0.39, 0.29) is 12.6 Å². The Bertz CT molecular complexity index is 358. The van der Waals surface area contributed by atoms with Gasteiger partial charge in [0, 0.05) is 7.05 Å². The third-order valence-electron chi connectivity index (χ3n) is 2.60. The minimum atomic E-state index is 0.00477. The summed E-state index contributed by atoms with van der Waals surface area (Å²) in [5.74, 6) is 1.20. The highest BCUT2D eigenvalue weighted by Gasteiger charge is 2.12. The lowest BCUT2D eigenvalue weighted by Crippen LogP contribution is -2.32. The number of aromatic nitrogens is 1. The van der Waals surface area contributed by atoms with Crippen molar-refractivity contribution in [2.24, 2.45) is 0 Å². The Morgan fingerprint density at radius 1 is 1.53 bits per heavy atom. The van der Waals surface area contributed by atoms with Crippen LogP contribution in [0.15, 0.2) is 12.1 Å². The third-order valence-corrected chi connectivity index (χ3v) is 2.60. The zero-order chi connectivity index (χ0) is 12.8. The molecular weight excluding hydrogens is 218 g/mol. The monoisotopic (exact) mass is 239 g/mol. The van der Waals surface area contributed by atoms with E-state index in [0.717, 1.165) is 12.2 Å².